The number of halogens is 1. The van der Waals surface area contributed by atoms with Crippen LogP contribution in [0, 0.1) is 0 Å². The highest BCUT2D eigenvalue weighted by Gasteiger charge is 2.13. The van der Waals surface area contributed by atoms with Gasteiger partial charge in [-0.05, 0) is 17.2 Å². The summed E-state index contributed by atoms with van der Waals surface area (Å²) >= 11 is 7.65. The van der Waals surface area contributed by atoms with Gasteiger partial charge < -0.3 is 5.32 Å². The Hall–Kier alpha value is -1.91. The number of fused-ring (bicyclic) bond motifs is 1. The summed E-state index contributed by atoms with van der Waals surface area (Å²) in [6, 6.07) is 10.1. The average molecular weight is 302 g/mol. The Balaban J connectivity index is 2.17. The maximum atomic E-state index is 6.04. The summed E-state index contributed by atoms with van der Waals surface area (Å²) in [5, 5.41) is 5.54. The summed E-state index contributed by atoms with van der Waals surface area (Å²) in [6.45, 7) is 4.34. The van der Waals surface area contributed by atoms with Gasteiger partial charge in [0, 0.05) is 17.5 Å². The minimum atomic E-state index is 0.250. The van der Waals surface area contributed by atoms with Gasteiger partial charge in [-0.3, -0.25) is 0 Å². The molecule has 1 N–H and O–H groups in total. The molecule has 0 aliphatic carbocycles. The van der Waals surface area contributed by atoms with Gasteiger partial charge in [0.15, 0.2) is 0 Å². The van der Waals surface area contributed by atoms with Crippen LogP contribution in [0.1, 0.15) is 0 Å². The molecule has 2 aromatic heterocycles. The van der Waals surface area contributed by atoms with Crippen molar-refractivity contribution in [2.24, 2.45) is 0 Å². The Labute approximate surface area is 126 Å². The van der Waals surface area contributed by atoms with Gasteiger partial charge in [0.25, 0.3) is 0 Å². The van der Waals surface area contributed by atoms with Crippen LogP contribution in [0.15, 0.2) is 48.4 Å². The van der Waals surface area contributed by atoms with Crippen molar-refractivity contribution >= 4 is 39.0 Å². The Morgan fingerprint density at radius 2 is 2.05 bits per heavy atom. The van der Waals surface area contributed by atoms with E-state index >= 15 is 0 Å². The van der Waals surface area contributed by atoms with Crippen molar-refractivity contribution in [1.82, 2.24) is 9.97 Å². The second-order valence-electron chi connectivity index (χ2n) is 4.20. The second kappa shape index (κ2) is 5.61. The molecule has 20 heavy (non-hydrogen) atoms. The third kappa shape index (κ3) is 2.40. The van der Waals surface area contributed by atoms with E-state index in [0.29, 0.717) is 6.54 Å². The van der Waals surface area contributed by atoms with Gasteiger partial charge in [-0.25, -0.2) is 4.98 Å². The zero-order chi connectivity index (χ0) is 13.9. The molecule has 0 aliphatic heterocycles. The summed E-state index contributed by atoms with van der Waals surface area (Å²) in [5.74, 6) is 0.757. The molecule has 0 fully saturated rings. The molecule has 0 saturated heterocycles. The highest BCUT2D eigenvalue weighted by atomic mass is 35.5. The molecule has 3 aromatic rings. The zero-order valence-corrected chi connectivity index (χ0v) is 12.2. The molecule has 0 spiro atoms. The van der Waals surface area contributed by atoms with Crippen molar-refractivity contribution in [3.8, 4) is 11.1 Å². The molecule has 0 unspecified atom stereocenters. The number of nitrogens with zero attached hydrogens (tertiary/aromatic N) is 2. The lowest BCUT2D eigenvalue weighted by molar-refractivity contribution is 1.19. The lowest BCUT2D eigenvalue weighted by Gasteiger charge is -2.05. The van der Waals surface area contributed by atoms with Gasteiger partial charge in [0.1, 0.15) is 5.82 Å². The first kappa shape index (κ1) is 13.1. The largest absolute Gasteiger partial charge is 0.365 e. The van der Waals surface area contributed by atoms with Crippen molar-refractivity contribution < 1.29 is 0 Å². The minimum Gasteiger partial charge on any atom is -0.365 e. The highest BCUT2D eigenvalue weighted by Crippen LogP contribution is 2.36. The predicted molar refractivity (Wildman–Crippen MR) is 86.5 cm³/mol. The lowest BCUT2D eigenvalue weighted by atomic mass is 10.1. The van der Waals surface area contributed by atoms with E-state index in [1.165, 1.54) is 0 Å². The number of aromatic nitrogens is 2. The second-order valence-corrected chi connectivity index (χ2v) is 5.42. The molecular formula is C15H12ClN3S. The Morgan fingerprint density at radius 1 is 1.25 bits per heavy atom. The van der Waals surface area contributed by atoms with E-state index < -0.39 is 0 Å². The van der Waals surface area contributed by atoms with Crippen LogP contribution in [0.25, 0.3) is 21.3 Å². The van der Waals surface area contributed by atoms with Gasteiger partial charge in [0.05, 0.1) is 10.2 Å². The van der Waals surface area contributed by atoms with Crippen LogP contribution in [-0.4, -0.2) is 16.5 Å². The van der Waals surface area contributed by atoms with E-state index in [4.69, 9.17) is 11.6 Å². The number of benzene rings is 1. The molecule has 0 radical (unpaired) electrons. The minimum absolute atomic E-state index is 0.250. The van der Waals surface area contributed by atoms with E-state index in [0.717, 1.165) is 27.2 Å². The lowest BCUT2D eigenvalue weighted by Crippen LogP contribution is -2.01. The monoisotopic (exact) mass is 301 g/mol. The Bertz CT molecular complexity index is 752. The topological polar surface area (TPSA) is 37.8 Å². The fourth-order valence-electron chi connectivity index (χ4n) is 2.00. The molecule has 1 aromatic carbocycles. The molecule has 0 aliphatic rings. The van der Waals surface area contributed by atoms with E-state index in [9.17, 15) is 0 Å². The van der Waals surface area contributed by atoms with Crippen LogP contribution >= 0.6 is 22.9 Å². The van der Waals surface area contributed by atoms with Gasteiger partial charge in [-0.2, -0.15) is 4.98 Å². The van der Waals surface area contributed by atoms with Crippen molar-refractivity contribution in [2.45, 2.75) is 0 Å². The number of hydrogen-bond donors (Lipinski definition) is 1. The number of hydrogen-bond acceptors (Lipinski definition) is 4. The van der Waals surface area contributed by atoms with Crippen LogP contribution < -0.4 is 5.32 Å². The van der Waals surface area contributed by atoms with E-state index in [1.807, 2.05) is 18.2 Å². The highest BCUT2D eigenvalue weighted by molar-refractivity contribution is 7.18. The molecule has 5 heteroatoms. The SMILES string of the molecule is C=CCNc1nc(Cl)nc2c(-c3ccccc3)csc12. The Morgan fingerprint density at radius 3 is 2.80 bits per heavy atom. The predicted octanol–water partition coefficient (Wildman–Crippen LogP) is 4.61. The summed E-state index contributed by atoms with van der Waals surface area (Å²) < 4.78 is 1.01. The fraction of sp³-hybridized carbons (Fsp3) is 0.0667. The van der Waals surface area contributed by atoms with Crippen molar-refractivity contribution in [2.75, 3.05) is 11.9 Å². The van der Waals surface area contributed by atoms with Crippen LogP contribution in [-0.2, 0) is 0 Å². The smallest absolute Gasteiger partial charge is 0.224 e. The van der Waals surface area contributed by atoms with Gasteiger partial charge in [-0.15, -0.1) is 17.9 Å². The molecule has 2 heterocycles. The van der Waals surface area contributed by atoms with Crippen LogP contribution in [0.4, 0.5) is 5.82 Å². The molecule has 3 nitrogen and oxygen atoms in total. The first-order chi connectivity index (χ1) is 9.79. The van der Waals surface area contributed by atoms with Crippen LogP contribution in [0.5, 0.6) is 0 Å². The van der Waals surface area contributed by atoms with Crippen molar-refractivity contribution in [3.63, 3.8) is 0 Å². The number of anilines is 1. The maximum absolute atomic E-state index is 6.04. The Kier molecular flexibility index (Phi) is 3.67. The molecule has 0 bridgehead atoms. The summed E-state index contributed by atoms with van der Waals surface area (Å²) in [6.07, 6.45) is 1.79. The summed E-state index contributed by atoms with van der Waals surface area (Å²) in [4.78, 5) is 8.63. The van der Waals surface area contributed by atoms with Crippen LogP contribution in [0.2, 0.25) is 5.28 Å². The van der Waals surface area contributed by atoms with Crippen molar-refractivity contribution in [1.29, 1.82) is 0 Å². The van der Waals surface area contributed by atoms with Gasteiger partial charge in [-0.1, -0.05) is 36.4 Å². The van der Waals surface area contributed by atoms with E-state index in [2.05, 4.69) is 39.4 Å². The number of rotatable bonds is 4. The van der Waals surface area contributed by atoms with Gasteiger partial charge in [0.2, 0.25) is 5.28 Å². The van der Waals surface area contributed by atoms with Crippen molar-refractivity contribution in [3.05, 3.63) is 53.7 Å². The third-order valence-electron chi connectivity index (χ3n) is 2.89. The molecular weight excluding hydrogens is 290 g/mol. The first-order valence-electron chi connectivity index (χ1n) is 6.14. The van der Waals surface area contributed by atoms with Crippen LogP contribution in [0.3, 0.4) is 0 Å². The summed E-state index contributed by atoms with van der Waals surface area (Å²) in [7, 11) is 0. The quantitative estimate of drug-likeness (QED) is 0.565. The molecule has 0 saturated carbocycles. The standard InChI is InChI=1S/C15H12ClN3S/c1-2-8-17-14-13-12(18-15(16)19-14)11(9-20-13)10-6-4-3-5-7-10/h2-7,9H,1,8H2,(H,17,18,19). The first-order valence-corrected chi connectivity index (χ1v) is 7.40. The van der Waals surface area contributed by atoms with Gasteiger partial charge >= 0.3 is 0 Å². The molecule has 100 valence electrons. The summed E-state index contributed by atoms with van der Waals surface area (Å²) in [5.41, 5.74) is 3.09. The van der Waals surface area contributed by atoms with E-state index in [1.54, 1.807) is 17.4 Å². The fourth-order valence-corrected chi connectivity index (χ4v) is 3.15. The van der Waals surface area contributed by atoms with E-state index in [-0.39, 0.29) is 5.28 Å². The number of nitrogens with one attached hydrogen (secondary N) is 1. The molecule has 0 amide bonds. The zero-order valence-electron chi connectivity index (χ0n) is 10.6. The normalized spacial score (nSPS) is 10.7. The molecule has 3 rings (SSSR count). The number of thiophene rings is 1. The third-order valence-corrected chi connectivity index (χ3v) is 4.03. The maximum Gasteiger partial charge on any atom is 0.224 e. The average Bonchev–Trinajstić information content (AvgIpc) is 2.89. The molecule has 0 atom stereocenters.